The van der Waals surface area contributed by atoms with Gasteiger partial charge in [-0.25, -0.2) is 0 Å². The molecule has 1 heterocycles. The summed E-state index contributed by atoms with van der Waals surface area (Å²) in [5, 5.41) is 3.30. The molecule has 1 unspecified atom stereocenters. The van der Waals surface area contributed by atoms with E-state index in [4.69, 9.17) is 0 Å². The highest BCUT2D eigenvalue weighted by Gasteiger charge is 2.26. The summed E-state index contributed by atoms with van der Waals surface area (Å²) in [4.78, 5) is 14.1. The van der Waals surface area contributed by atoms with Crippen molar-refractivity contribution in [2.24, 2.45) is 0 Å². The van der Waals surface area contributed by atoms with Gasteiger partial charge in [-0.15, -0.1) is 0 Å². The second-order valence-electron chi connectivity index (χ2n) is 5.59. The third-order valence-electron chi connectivity index (χ3n) is 3.70. The zero-order chi connectivity index (χ0) is 13.7. The van der Waals surface area contributed by atoms with Crippen LogP contribution in [0.4, 0.5) is 0 Å². The smallest absolute Gasteiger partial charge is 0.223 e. The second kappa shape index (κ2) is 6.71. The number of likely N-dealkylation sites (tertiary alicyclic amines) is 1. The number of benzene rings is 1. The van der Waals surface area contributed by atoms with E-state index in [9.17, 15) is 4.79 Å². The summed E-state index contributed by atoms with van der Waals surface area (Å²) in [6.07, 6.45) is 1.70. The lowest BCUT2D eigenvalue weighted by atomic mass is 9.99. The first kappa shape index (κ1) is 14.1. The Balaban J connectivity index is 1.80. The molecule has 1 aromatic rings. The van der Waals surface area contributed by atoms with Gasteiger partial charge < -0.3 is 10.2 Å². The Kier molecular flexibility index (Phi) is 4.97. The van der Waals surface area contributed by atoms with Crippen LogP contribution in [0.15, 0.2) is 30.3 Å². The van der Waals surface area contributed by atoms with E-state index in [1.807, 2.05) is 11.0 Å². The predicted octanol–water partition coefficient (Wildman–Crippen LogP) is 2.39. The number of nitrogens with one attached hydrogen (secondary N) is 1. The molecule has 1 aromatic carbocycles. The molecule has 1 aliphatic rings. The Morgan fingerprint density at radius 2 is 2.11 bits per heavy atom. The Morgan fingerprint density at radius 3 is 2.79 bits per heavy atom. The number of amides is 1. The number of hydrogen-bond donors (Lipinski definition) is 1. The van der Waals surface area contributed by atoms with Crippen LogP contribution in [0.25, 0.3) is 0 Å². The summed E-state index contributed by atoms with van der Waals surface area (Å²) < 4.78 is 0. The maximum Gasteiger partial charge on any atom is 0.223 e. The van der Waals surface area contributed by atoms with Gasteiger partial charge in [-0.1, -0.05) is 44.2 Å². The molecule has 2 rings (SSSR count). The standard InChI is InChI=1S/C16H24N2O/c1-13(2)17-10-8-16(19)18-11-9-15(12-18)14-6-4-3-5-7-14/h3-7,13,15,17H,8-12H2,1-2H3. The molecular weight excluding hydrogens is 236 g/mol. The quantitative estimate of drug-likeness (QED) is 0.881. The van der Waals surface area contributed by atoms with Gasteiger partial charge in [0.25, 0.3) is 0 Å². The van der Waals surface area contributed by atoms with Crippen LogP contribution in [-0.2, 0) is 4.79 Å². The molecule has 0 aliphatic carbocycles. The SMILES string of the molecule is CC(C)NCCC(=O)N1CCC(c2ccccc2)C1. The van der Waals surface area contributed by atoms with E-state index in [0.717, 1.165) is 26.1 Å². The molecule has 1 amide bonds. The van der Waals surface area contributed by atoms with Crippen molar-refractivity contribution in [3.63, 3.8) is 0 Å². The Labute approximate surface area is 116 Å². The van der Waals surface area contributed by atoms with Crippen LogP contribution in [0.1, 0.15) is 38.2 Å². The van der Waals surface area contributed by atoms with Crippen molar-refractivity contribution in [2.75, 3.05) is 19.6 Å². The number of nitrogens with zero attached hydrogens (tertiary/aromatic N) is 1. The average molecular weight is 260 g/mol. The number of carbonyl (C=O) groups is 1. The summed E-state index contributed by atoms with van der Waals surface area (Å²) in [6.45, 7) is 6.77. The van der Waals surface area contributed by atoms with E-state index in [1.165, 1.54) is 5.56 Å². The van der Waals surface area contributed by atoms with Crippen molar-refractivity contribution >= 4 is 5.91 Å². The maximum atomic E-state index is 12.1. The minimum Gasteiger partial charge on any atom is -0.342 e. The van der Waals surface area contributed by atoms with Gasteiger partial charge in [0, 0.05) is 38.0 Å². The maximum absolute atomic E-state index is 12.1. The predicted molar refractivity (Wildman–Crippen MR) is 78.1 cm³/mol. The highest BCUT2D eigenvalue weighted by Crippen LogP contribution is 2.27. The van der Waals surface area contributed by atoms with E-state index in [1.54, 1.807) is 0 Å². The Morgan fingerprint density at radius 1 is 1.37 bits per heavy atom. The van der Waals surface area contributed by atoms with Crippen LogP contribution in [0.2, 0.25) is 0 Å². The second-order valence-corrected chi connectivity index (χ2v) is 5.59. The van der Waals surface area contributed by atoms with Crippen molar-refractivity contribution < 1.29 is 4.79 Å². The van der Waals surface area contributed by atoms with Gasteiger partial charge in [0.15, 0.2) is 0 Å². The summed E-state index contributed by atoms with van der Waals surface area (Å²) >= 11 is 0. The molecule has 104 valence electrons. The topological polar surface area (TPSA) is 32.3 Å². The molecular formula is C16H24N2O. The molecule has 3 heteroatoms. The fourth-order valence-corrected chi connectivity index (χ4v) is 2.61. The largest absolute Gasteiger partial charge is 0.342 e. The van der Waals surface area contributed by atoms with Crippen molar-refractivity contribution in [3.05, 3.63) is 35.9 Å². The third-order valence-corrected chi connectivity index (χ3v) is 3.70. The molecule has 1 atom stereocenters. The summed E-state index contributed by atoms with van der Waals surface area (Å²) in [5.74, 6) is 0.801. The van der Waals surface area contributed by atoms with Gasteiger partial charge in [0.1, 0.15) is 0 Å². The first-order valence-electron chi connectivity index (χ1n) is 7.23. The molecule has 1 aliphatic heterocycles. The highest BCUT2D eigenvalue weighted by atomic mass is 16.2. The fourth-order valence-electron chi connectivity index (χ4n) is 2.61. The van der Waals surface area contributed by atoms with Gasteiger partial charge in [-0.3, -0.25) is 4.79 Å². The number of rotatable bonds is 5. The summed E-state index contributed by atoms with van der Waals surface area (Å²) in [5.41, 5.74) is 1.36. The number of hydrogen-bond acceptors (Lipinski definition) is 2. The van der Waals surface area contributed by atoms with Crippen LogP contribution < -0.4 is 5.32 Å². The van der Waals surface area contributed by atoms with Crippen molar-refractivity contribution in [1.82, 2.24) is 10.2 Å². The van der Waals surface area contributed by atoms with Crippen molar-refractivity contribution in [2.45, 2.75) is 38.6 Å². The molecule has 0 spiro atoms. The van der Waals surface area contributed by atoms with E-state index < -0.39 is 0 Å². The van der Waals surface area contributed by atoms with Crippen molar-refractivity contribution in [1.29, 1.82) is 0 Å². The molecule has 1 fully saturated rings. The van der Waals surface area contributed by atoms with Gasteiger partial charge in [0.2, 0.25) is 5.91 Å². The first-order valence-corrected chi connectivity index (χ1v) is 7.23. The fraction of sp³-hybridized carbons (Fsp3) is 0.562. The van der Waals surface area contributed by atoms with E-state index in [-0.39, 0.29) is 5.91 Å². The lowest BCUT2D eigenvalue weighted by molar-refractivity contribution is -0.130. The lowest BCUT2D eigenvalue weighted by Gasteiger charge is -2.17. The van der Waals surface area contributed by atoms with E-state index in [0.29, 0.717) is 18.4 Å². The van der Waals surface area contributed by atoms with Gasteiger partial charge >= 0.3 is 0 Å². The molecule has 0 saturated carbocycles. The van der Waals surface area contributed by atoms with Crippen LogP contribution in [0.5, 0.6) is 0 Å². The van der Waals surface area contributed by atoms with Crippen LogP contribution in [-0.4, -0.2) is 36.5 Å². The summed E-state index contributed by atoms with van der Waals surface area (Å²) in [7, 11) is 0. The molecule has 1 N–H and O–H groups in total. The van der Waals surface area contributed by atoms with Crippen LogP contribution >= 0.6 is 0 Å². The molecule has 0 bridgehead atoms. The average Bonchev–Trinajstić information content (AvgIpc) is 2.89. The Bertz CT molecular complexity index is 402. The van der Waals surface area contributed by atoms with Gasteiger partial charge in [-0.2, -0.15) is 0 Å². The monoisotopic (exact) mass is 260 g/mol. The van der Waals surface area contributed by atoms with Gasteiger partial charge in [-0.05, 0) is 12.0 Å². The van der Waals surface area contributed by atoms with Crippen LogP contribution in [0.3, 0.4) is 0 Å². The molecule has 3 nitrogen and oxygen atoms in total. The highest BCUT2D eigenvalue weighted by molar-refractivity contribution is 5.76. The molecule has 0 radical (unpaired) electrons. The lowest BCUT2D eigenvalue weighted by Crippen LogP contribution is -2.33. The zero-order valence-electron chi connectivity index (χ0n) is 11.9. The third kappa shape index (κ3) is 4.06. The normalized spacial score (nSPS) is 19.1. The van der Waals surface area contributed by atoms with Crippen LogP contribution in [0, 0.1) is 0 Å². The summed E-state index contributed by atoms with van der Waals surface area (Å²) in [6, 6.07) is 11.0. The zero-order valence-corrected chi connectivity index (χ0v) is 11.9. The minimum absolute atomic E-state index is 0.284. The molecule has 19 heavy (non-hydrogen) atoms. The van der Waals surface area contributed by atoms with Gasteiger partial charge in [0.05, 0.1) is 0 Å². The number of carbonyl (C=O) groups excluding carboxylic acids is 1. The Hall–Kier alpha value is -1.35. The van der Waals surface area contributed by atoms with E-state index in [2.05, 4.69) is 43.4 Å². The van der Waals surface area contributed by atoms with E-state index >= 15 is 0 Å². The minimum atomic E-state index is 0.284. The first-order chi connectivity index (χ1) is 9.16. The molecule has 1 saturated heterocycles. The van der Waals surface area contributed by atoms with Crippen molar-refractivity contribution in [3.8, 4) is 0 Å². The molecule has 0 aromatic heterocycles.